The lowest BCUT2D eigenvalue weighted by Gasteiger charge is -2.49. The number of H-pyrrole nitrogens is 1. The van der Waals surface area contributed by atoms with Gasteiger partial charge in [0.25, 0.3) is 0 Å². The molecule has 19 nitrogen and oxygen atoms in total. The number of aromatic nitrogens is 3. The third-order valence-electron chi connectivity index (χ3n) is 7.36. The zero-order valence-electron chi connectivity index (χ0n) is 20.7. The Morgan fingerprint density at radius 1 is 1.22 bits per heavy atom. The average Bonchev–Trinajstić information content (AvgIpc) is 3.47. The van der Waals surface area contributed by atoms with E-state index in [2.05, 4.69) is 19.3 Å². The number of phosphoric ester groups is 1. The van der Waals surface area contributed by atoms with Crippen LogP contribution in [0.2, 0.25) is 0 Å². The number of anilines is 1. The van der Waals surface area contributed by atoms with E-state index in [1.807, 2.05) is 0 Å². The van der Waals surface area contributed by atoms with E-state index < -0.39 is 94.3 Å². The van der Waals surface area contributed by atoms with E-state index in [1.165, 1.54) is 12.5 Å². The molecule has 230 valence electrons. The second kappa shape index (κ2) is 11.0. The fourth-order valence-corrected chi connectivity index (χ4v) is 8.51. The van der Waals surface area contributed by atoms with Crippen LogP contribution in [0.5, 0.6) is 0 Å². The van der Waals surface area contributed by atoms with Gasteiger partial charge in [-0.1, -0.05) is 0 Å². The second-order valence-electron chi connectivity index (χ2n) is 9.83. The minimum atomic E-state index is -5.31. The summed E-state index contributed by atoms with van der Waals surface area (Å²) in [6.07, 6.45) is -7.77. The number of hydrogen-bond donors (Lipinski definition) is 11. The number of rotatable bonds is 10. The van der Waals surface area contributed by atoms with Gasteiger partial charge >= 0.3 is 14.5 Å². The van der Waals surface area contributed by atoms with Crippen LogP contribution >= 0.6 is 14.5 Å². The molecule has 1 aliphatic carbocycles. The summed E-state index contributed by atoms with van der Waals surface area (Å²) in [6, 6.07) is -0.987. The van der Waals surface area contributed by atoms with Crippen molar-refractivity contribution >= 4 is 43.2 Å². The highest BCUT2D eigenvalue weighted by atomic mass is 32.5. The summed E-state index contributed by atoms with van der Waals surface area (Å²) >= 11 is 4.78. The van der Waals surface area contributed by atoms with Crippen LogP contribution in [0.4, 0.5) is 5.82 Å². The van der Waals surface area contributed by atoms with Crippen molar-refractivity contribution in [1.29, 1.82) is 0 Å². The Labute approximate surface area is 235 Å². The quantitative estimate of drug-likeness (QED) is 0.111. The SMILES string of the molecule is Nc1ncnc2c([C@@H]3O[C@H](COP(O)(=S)OP(=O)(O)OC4OC5(O)C4C(O)C(O)C5[C@@H](O)CO)[C@@H](O)[C@H]3N)c[nH]c12. The fourth-order valence-electron chi connectivity index (χ4n) is 5.41. The summed E-state index contributed by atoms with van der Waals surface area (Å²) in [5.41, 5.74) is 13.2. The maximum atomic E-state index is 12.6. The molecule has 3 fully saturated rings. The van der Waals surface area contributed by atoms with Crippen LogP contribution in [0.25, 0.3) is 11.0 Å². The van der Waals surface area contributed by atoms with E-state index in [1.54, 1.807) is 0 Å². The second-order valence-corrected chi connectivity index (χ2v) is 14.2. The smallest absolute Gasteiger partial charge is 0.394 e. The number of nitrogens with two attached hydrogens (primary N) is 2. The third kappa shape index (κ3) is 5.47. The molecule has 0 radical (unpaired) electrons. The zero-order chi connectivity index (χ0) is 30.1. The van der Waals surface area contributed by atoms with Crippen LogP contribution in [-0.2, 0) is 39.2 Å². The van der Waals surface area contributed by atoms with Crippen LogP contribution in [0.15, 0.2) is 12.5 Å². The molecule has 0 aromatic carbocycles. The van der Waals surface area contributed by atoms with Gasteiger partial charge in [-0.2, -0.15) is 0 Å². The number of nitrogens with one attached hydrogen (secondary N) is 1. The molecule has 4 heterocycles. The van der Waals surface area contributed by atoms with Gasteiger partial charge in [0.2, 0.25) is 0 Å². The van der Waals surface area contributed by atoms with Crippen LogP contribution < -0.4 is 11.5 Å². The molecule has 1 saturated carbocycles. The summed E-state index contributed by atoms with van der Waals surface area (Å²) in [5.74, 6) is -5.34. The largest absolute Gasteiger partial charge is 0.481 e. The van der Waals surface area contributed by atoms with E-state index in [4.69, 9.17) is 46.9 Å². The summed E-state index contributed by atoms with van der Waals surface area (Å²) in [5, 5.41) is 60.7. The molecule has 13 atom stereocenters. The molecule has 3 aliphatic rings. The number of aliphatic hydroxyl groups excluding tert-OH is 5. The lowest BCUT2D eigenvalue weighted by Crippen LogP contribution is -2.64. The Morgan fingerprint density at radius 3 is 2.61 bits per heavy atom. The maximum absolute atomic E-state index is 12.6. The molecule has 41 heavy (non-hydrogen) atoms. The number of fused-ring (bicyclic) bond motifs is 2. The fraction of sp³-hybridized carbons (Fsp3) is 0.684. The van der Waals surface area contributed by atoms with Gasteiger partial charge in [0.1, 0.15) is 30.2 Å². The zero-order valence-corrected chi connectivity index (χ0v) is 23.3. The van der Waals surface area contributed by atoms with E-state index in [-0.39, 0.29) is 5.82 Å². The molecule has 2 saturated heterocycles. The van der Waals surface area contributed by atoms with Crippen molar-refractivity contribution in [3.63, 3.8) is 0 Å². The van der Waals surface area contributed by atoms with Crippen LogP contribution in [0, 0.1) is 11.8 Å². The first-order chi connectivity index (χ1) is 19.1. The summed E-state index contributed by atoms with van der Waals surface area (Å²) in [6.45, 7) is -6.09. The number of hydrogen-bond acceptors (Lipinski definition) is 17. The van der Waals surface area contributed by atoms with Crippen LogP contribution in [0.1, 0.15) is 11.7 Å². The number of aliphatic hydroxyl groups is 6. The number of nitrogens with zero attached hydrogens (tertiary/aromatic N) is 2. The lowest BCUT2D eigenvalue weighted by atomic mass is 9.86. The highest BCUT2D eigenvalue weighted by Crippen LogP contribution is 2.64. The molecule has 8 unspecified atom stereocenters. The van der Waals surface area contributed by atoms with Gasteiger partial charge in [0.15, 0.2) is 17.9 Å². The maximum Gasteiger partial charge on any atom is 0.481 e. The van der Waals surface area contributed by atoms with E-state index >= 15 is 0 Å². The van der Waals surface area contributed by atoms with Gasteiger partial charge in [-0.15, -0.1) is 0 Å². The first kappa shape index (κ1) is 31.2. The standard InChI is InChI=1S/C19H29N5O14P2S/c20-10-13(27)7(35-16(10)5-1-22-12-11(5)23-4-24-17(12)21)3-34-40(33,41)38-39(31,32)37-18-9-15(29)14(28)8(6(26)2-25)19(9,30)36-18/h1,4,6-10,13-16,18,22,25-30H,2-3,20H2,(H,31,32)(H,33,41)(H2,21,23,24)/t6-,7+,8?,9?,10+,13+,14?,15?,16-,18?,19?,40?/m0/s1. The topological polar surface area (TPSA) is 319 Å². The molecule has 13 N–H and O–H groups in total. The monoisotopic (exact) mass is 645 g/mol. The molecular weight excluding hydrogens is 616 g/mol. The molecule has 2 aromatic rings. The van der Waals surface area contributed by atoms with Crippen molar-refractivity contribution in [2.24, 2.45) is 17.6 Å². The van der Waals surface area contributed by atoms with Crippen LogP contribution in [0.3, 0.4) is 0 Å². The first-order valence-corrected chi connectivity index (χ1v) is 16.1. The van der Waals surface area contributed by atoms with Gasteiger partial charge in [-0.3, -0.25) is 4.52 Å². The molecule has 0 bridgehead atoms. The Kier molecular flexibility index (Phi) is 8.38. The number of ether oxygens (including phenoxy) is 2. The highest BCUT2D eigenvalue weighted by Gasteiger charge is 2.73. The van der Waals surface area contributed by atoms with Gasteiger partial charge in [0.05, 0.1) is 54.9 Å². The number of phosphoric acid groups is 1. The van der Waals surface area contributed by atoms with Crippen LogP contribution in [-0.4, -0.2) is 117 Å². The highest BCUT2D eigenvalue weighted by molar-refractivity contribution is 8.08. The summed E-state index contributed by atoms with van der Waals surface area (Å²) in [4.78, 5) is 31.5. The van der Waals surface area contributed by atoms with Gasteiger partial charge in [-0.05, 0) is 11.8 Å². The van der Waals surface area contributed by atoms with Crippen molar-refractivity contribution in [3.05, 3.63) is 18.1 Å². The number of nitrogen functional groups attached to an aromatic ring is 1. The average molecular weight is 645 g/mol. The van der Waals surface area contributed by atoms with Crippen molar-refractivity contribution in [3.8, 4) is 0 Å². The minimum absolute atomic E-state index is 0.181. The first-order valence-electron chi connectivity index (χ1n) is 12.0. The number of aromatic amines is 1. The predicted octanol–water partition coefficient (Wildman–Crippen LogP) is -3.60. The van der Waals surface area contributed by atoms with Crippen molar-refractivity contribution in [1.82, 2.24) is 15.0 Å². The van der Waals surface area contributed by atoms with E-state index in [9.17, 15) is 39.9 Å². The molecule has 2 aliphatic heterocycles. The molecule has 22 heteroatoms. The summed E-state index contributed by atoms with van der Waals surface area (Å²) < 4.78 is 37.9. The molecule has 2 aromatic heterocycles. The molecular formula is C19H29N5O14P2S. The minimum Gasteiger partial charge on any atom is -0.394 e. The van der Waals surface area contributed by atoms with E-state index in [0.29, 0.717) is 16.6 Å². The Balaban J connectivity index is 1.19. The normalized spacial score (nSPS) is 40.6. The Hall–Kier alpha value is -1.26. The predicted molar refractivity (Wildman–Crippen MR) is 136 cm³/mol. The van der Waals surface area contributed by atoms with Gasteiger partial charge < -0.3 is 70.9 Å². The van der Waals surface area contributed by atoms with Gasteiger partial charge in [-0.25, -0.2) is 18.8 Å². The Bertz CT molecular complexity index is 1390. The Morgan fingerprint density at radius 2 is 1.93 bits per heavy atom. The van der Waals surface area contributed by atoms with Crippen molar-refractivity contribution < 1.29 is 67.8 Å². The summed E-state index contributed by atoms with van der Waals surface area (Å²) in [7, 11) is -5.31. The third-order valence-corrected chi connectivity index (χ3v) is 10.9. The van der Waals surface area contributed by atoms with Gasteiger partial charge in [0, 0.05) is 11.8 Å². The molecule has 5 rings (SSSR count). The van der Waals surface area contributed by atoms with Crippen molar-refractivity contribution in [2.75, 3.05) is 18.9 Å². The van der Waals surface area contributed by atoms with Crippen molar-refractivity contribution in [2.45, 2.75) is 54.7 Å². The molecule has 0 spiro atoms. The molecule has 0 amide bonds. The lowest BCUT2D eigenvalue weighted by molar-refractivity contribution is -0.427. The van der Waals surface area contributed by atoms with E-state index in [0.717, 1.165) is 0 Å².